The molecule has 0 amide bonds. The number of nitrogens with two attached hydrogens (primary N) is 1. The Morgan fingerprint density at radius 1 is 1.29 bits per heavy atom. The minimum Gasteiger partial charge on any atom is -0.397 e. The van der Waals surface area contributed by atoms with Crippen LogP contribution < -0.4 is 15.8 Å². The molecule has 0 saturated carbocycles. The van der Waals surface area contributed by atoms with Crippen LogP contribution in [-0.4, -0.2) is 22.0 Å². The predicted molar refractivity (Wildman–Crippen MR) is 88.9 cm³/mol. The van der Waals surface area contributed by atoms with E-state index in [4.69, 9.17) is 5.73 Å². The maximum absolute atomic E-state index is 11.7. The zero-order valence-corrected chi connectivity index (χ0v) is 14.0. The molecule has 0 bridgehead atoms. The van der Waals surface area contributed by atoms with Crippen LogP contribution in [0.1, 0.15) is 39.5 Å². The van der Waals surface area contributed by atoms with Crippen LogP contribution >= 0.6 is 0 Å². The van der Waals surface area contributed by atoms with Crippen molar-refractivity contribution >= 4 is 21.4 Å². The number of nitrogens with one attached hydrogen (secondary N) is 2. The van der Waals surface area contributed by atoms with Gasteiger partial charge >= 0.3 is 0 Å². The summed E-state index contributed by atoms with van der Waals surface area (Å²) in [7, 11) is -2.06. The molecule has 21 heavy (non-hydrogen) atoms. The Kier molecular flexibility index (Phi) is 6.98. The van der Waals surface area contributed by atoms with E-state index < -0.39 is 10.0 Å². The quantitative estimate of drug-likeness (QED) is 0.612. The van der Waals surface area contributed by atoms with Gasteiger partial charge in [0.15, 0.2) is 0 Å². The molecule has 1 unspecified atom stereocenters. The molecule has 0 spiro atoms. The molecule has 6 heteroatoms. The van der Waals surface area contributed by atoms with Gasteiger partial charge in [0, 0.05) is 6.54 Å². The lowest BCUT2D eigenvalue weighted by atomic mass is 9.99. The molecule has 0 aliphatic carbocycles. The lowest BCUT2D eigenvalue weighted by Gasteiger charge is -2.17. The van der Waals surface area contributed by atoms with E-state index in [1.807, 2.05) is 0 Å². The topological polar surface area (TPSA) is 84.2 Å². The second-order valence-corrected chi connectivity index (χ2v) is 7.14. The normalized spacial score (nSPS) is 13.1. The molecule has 5 nitrogen and oxygen atoms in total. The first kappa shape index (κ1) is 17.8. The molecule has 0 aliphatic rings. The monoisotopic (exact) mass is 313 g/mol. The van der Waals surface area contributed by atoms with Gasteiger partial charge in [-0.05, 0) is 37.6 Å². The highest BCUT2D eigenvalue weighted by molar-refractivity contribution is 7.89. The van der Waals surface area contributed by atoms with Gasteiger partial charge in [-0.15, -0.1) is 0 Å². The van der Waals surface area contributed by atoms with Crippen LogP contribution in [0.25, 0.3) is 0 Å². The Hall–Kier alpha value is -1.27. The van der Waals surface area contributed by atoms with E-state index in [0.717, 1.165) is 18.7 Å². The Labute approximate surface area is 128 Å². The lowest BCUT2D eigenvalue weighted by molar-refractivity contribution is 0.473. The molecule has 0 radical (unpaired) electrons. The SMILES string of the molecule is CCCCC(CC)CNc1ccc(S(=O)(=O)NC)cc1N. The number of hydrogen-bond donors (Lipinski definition) is 3. The van der Waals surface area contributed by atoms with Crippen LogP contribution in [0.5, 0.6) is 0 Å². The highest BCUT2D eigenvalue weighted by atomic mass is 32.2. The molecule has 0 saturated heterocycles. The van der Waals surface area contributed by atoms with Crippen molar-refractivity contribution in [1.29, 1.82) is 0 Å². The van der Waals surface area contributed by atoms with Crippen LogP contribution in [0, 0.1) is 5.92 Å². The average Bonchev–Trinajstić information content (AvgIpc) is 2.48. The third-order valence-electron chi connectivity index (χ3n) is 3.73. The van der Waals surface area contributed by atoms with Crippen molar-refractivity contribution in [3.8, 4) is 0 Å². The number of sulfonamides is 1. The van der Waals surface area contributed by atoms with Gasteiger partial charge in [-0.25, -0.2) is 13.1 Å². The molecule has 1 aromatic carbocycles. The van der Waals surface area contributed by atoms with E-state index in [9.17, 15) is 8.42 Å². The highest BCUT2D eigenvalue weighted by Crippen LogP contribution is 2.23. The van der Waals surface area contributed by atoms with Gasteiger partial charge in [-0.3, -0.25) is 0 Å². The molecule has 120 valence electrons. The van der Waals surface area contributed by atoms with Crippen LogP contribution in [0.15, 0.2) is 23.1 Å². The molecule has 1 aromatic rings. The fourth-order valence-corrected chi connectivity index (χ4v) is 2.95. The van der Waals surface area contributed by atoms with Crippen molar-refractivity contribution in [2.45, 2.75) is 44.4 Å². The van der Waals surface area contributed by atoms with Crippen LogP contribution in [0.2, 0.25) is 0 Å². The zero-order chi connectivity index (χ0) is 15.9. The second-order valence-electron chi connectivity index (χ2n) is 5.25. The Morgan fingerprint density at radius 2 is 2.00 bits per heavy atom. The molecular formula is C15H27N3O2S. The minimum atomic E-state index is -3.44. The fraction of sp³-hybridized carbons (Fsp3) is 0.600. The predicted octanol–water partition coefficient (Wildman–Crippen LogP) is 2.81. The summed E-state index contributed by atoms with van der Waals surface area (Å²) in [5.74, 6) is 0.616. The van der Waals surface area contributed by atoms with Gasteiger partial charge in [0.1, 0.15) is 0 Å². The maximum Gasteiger partial charge on any atom is 0.240 e. The minimum absolute atomic E-state index is 0.186. The van der Waals surface area contributed by atoms with Crippen molar-refractivity contribution < 1.29 is 8.42 Å². The molecule has 0 heterocycles. The molecule has 1 atom stereocenters. The number of rotatable bonds is 9. The smallest absolute Gasteiger partial charge is 0.240 e. The van der Waals surface area contributed by atoms with Gasteiger partial charge in [0.25, 0.3) is 0 Å². The van der Waals surface area contributed by atoms with Crippen molar-refractivity contribution in [2.24, 2.45) is 5.92 Å². The third-order valence-corrected chi connectivity index (χ3v) is 5.14. The molecule has 0 fully saturated rings. The van der Waals surface area contributed by atoms with Crippen LogP contribution in [0.4, 0.5) is 11.4 Å². The fourth-order valence-electron chi connectivity index (χ4n) is 2.18. The van der Waals surface area contributed by atoms with E-state index in [2.05, 4.69) is 23.9 Å². The third kappa shape index (κ3) is 5.21. The summed E-state index contributed by atoms with van der Waals surface area (Å²) in [6, 6.07) is 4.78. The van der Waals surface area contributed by atoms with E-state index >= 15 is 0 Å². The van der Waals surface area contributed by atoms with Crippen LogP contribution in [0.3, 0.4) is 0 Å². The van der Waals surface area contributed by atoms with E-state index in [-0.39, 0.29) is 4.90 Å². The summed E-state index contributed by atoms with van der Waals surface area (Å²) in [6.45, 7) is 5.24. The standard InChI is InChI=1S/C15H27N3O2S/c1-4-6-7-12(5-2)11-18-15-9-8-13(10-14(15)16)21(19,20)17-3/h8-10,12,17-18H,4-7,11,16H2,1-3H3. The maximum atomic E-state index is 11.7. The number of benzene rings is 1. The van der Waals surface area contributed by atoms with E-state index in [1.54, 1.807) is 12.1 Å². The van der Waals surface area contributed by atoms with Gasteiger partial charge in [0.05, 0.1) is 16.3 Å². The molecule has 0 aliphatic heterocycles. The van der Waals surface area contributed by atoms with Gasteiger partial charge in [-0.1, -0.05) is 33.1 Å². The summed E-state index contributed by atoms with van der Waals surface area (Å²) >= 11 is 0. The Morgan fingerprint density at radius 3 is 2.52 bits per heavy atom. The number of nitrogen functional groups attached to an aromatic ring is 1. The van der Waals surface area contributed by atoms with E-state index in [1.165, 1.54) is 32.4 Å². The molecule has 4 N–H and O–H groups in total. The van der Waals surface area contributed by atoms with Gasteiger partial charge in [-0.2, -0.15) is 0 Å². The number of unbranched alkanes of at least 4 members (excludes halogenated alkanes) is 1. The molecule has 1 rings (SSSR count). The highest BCUT2D eigenvalue weighted by Gasteiger charge is 2.13. The zero-order valence-electron chi connectivity index (χ0n) is 13.1. The number of anilines is 2. The van der Waals surface area contributed by atoms with Crippen LogP contribution in [-0.2, 0) is 10.0 Å². The van der Waals surface area contributed by atoms with Crippen molar-refractivity contribution in [2.75, 3.05) is 24.6 Å². The van der Waals surface area contributed by atoms with Gasteiger partial charge in [0.2, 0.25) is 10.0 Å². The summed E-state index contributed by atoms with van der Waals surface area (Å²) < 4.78 is 25.7. The van der Waals surface area contributed by atoms with Crippen molar-refractivity contribution in [3.63, 3.8) is 0 Å². The summed E-state index contributed by atoms with van der Waals surface area (Å²) in [4.78, 5) is 0.186. The Balaban J connectivity index is 2.73. The Bertz CT molecular complexity index is 544. The largest absolute Gasteiger partial charge is 0.397 e. The van der Waals surface area contributed by atoms with Crippen molar-refractivity contribution in [1.82, 2.24) is 4.72 Å². The average molecular weight is 313 g/mol. The molecule has 0 aromatic heterocycles. The number of hydrogen-bond acceptors (Lipinski definition) is 4. The lowest BCUT2D eigenvalue weighted by Crippen LogP contribution is -2.19. The summed E-state index contributed by atoms with van der Waals surface area (Å²) in [5.41, 5.74) is 7.19. The first-order chi connectivity index (χ1) is 9.94. The first-order valence-corrected chi connectivity index (χ1v) is 8.99. The second kappa shape index (κ2) is 8.24. The van der Waals surface area contributed by atoms with Gasteiger partial charge < -0.3 is 11.1 Å². The summed E-state index contributed by atoms with van der Waals surface area (Å²) in [5, 5.41) is 3.33. The van der Waals surface area contributed by atoms with E-state index in [0.29, 0.717) is 11.6 Å². The first-order valence-electron chi connectivity index (χ1n) is 7.51. The molecular weight excluding hydrogens is 286 g/mol. The van der Waals surface area contributed by atoms with Crippen molar-refractivity contribution in [3.05, 3.63) is 18.2 Å². The summed E-state index contributed by atoms with van der Waals surface area (Å²) in [6.07, 6.45) is 4.76.